The smallest absolute Gasteiger partial charge is 0.170 e. The van der Waals surface area contributed by atoms with Crippen LogP contribution >= 0.6 is 0 Å². The third-order valence-corrected chi connectivity index (χ3v) is 16.5. The summed E-state index contributed by atoms with van der Waals surface area (Å²) in [5, 5.41) is 27.5. The number of ether oxygens (including phenoxy) is 4. The summed E-state index contributed by atoms with van der Waals surface area (Å²) in [5.74, 6) is 1.59. The molecule has 14 atom stereocenters. The summed E-state index contributed by atoms with van der Waals surface area (Å²) >= 11 is 0. The molecule has 2 N–H and O–H groups in total. The number of aliphatic hydroxyl groups is 2. The molecule has 2 spiro atoms. The van der Waals surface area contributed by atoms with Gasteiger partial charge in [-0.3, -0.25) is 4.90 Å². The van der Waals surface area contributed by atoms with Crippen LogP contribution in [0.25, 0.3) is 10.4 Å². The number of rotatable bonds is 6. The molecule has 3 aliphatic heterocycles. The lowest BCUT2D eigenvalue weighted by Gasteiger charge is -2.64. The Morgan fingerprint density at radius 2 is 1.77 bits per heavy atom. The lowest BCUT2D eigenvalue weighted by molar-refractivity contribution is -0.256. The van der Waals surface area contributed by atoms with Crippen molar-refractivity contribution >= 4 is 0 Å². The SMILES string of the molecule is C[C@@H]1CC([C@H](N=[N+]=[N-])C(C)(C)O)OC2[C@H]1[C@@]1(C)CC[C@@]34C[C@@]35CCC(O[C@H]3CN(C6COC6)CCO3)C(C)(C)[C@@H]5CCC4[C@]1(C)[C@H]2O. The highest BCUT2D eigenvalue weighted by atomic mass is 16.7. The standard InChI is InChI=1S/C37H60N4O6/c1-21-16-23(30(39-40-38)33(4,5)43)46-29-28(21)34(6)12-13-37-20-36(37)11-10-26(47-27-17-41(14-15-45-27)22-18-44-19-22)32(2,3)24(36)8-9-25(37)35(34,7)31(29)42/h21-31,42-43H,8-20H2,1-7H3/t21-,23?,24+,25?,26?,27+,28+,29?,30+,31+,34-,35-,36-,37+/m1/s1. The molecular formula is C37H60N4O6. The van der Waals surface area contributed by atoms with Gasteiger partial charge in [-0.2, -0.15) is 0 Å². The Bertz CT molecular complexity index is 1300. The van der Waals surface area contributed by atoms with Gasteiger partial charge in [0.25, 0.3) is 0 Å². The van der Waals surface area contributed by atoms with E-state index in [2.05, 4.69) is 49.5 Å². The van der Waals surface area contributed by atoms with Crippen molar-refractivity contribution < 1.29 is 29.2 Å². The molecule has 0 aromatic rings. The number of nitrogens with zero attached hydrogens (tertiary/aromatic N) is 4. The van der Waals surface area contributed by atoms with Crippen LogP contribution in [0.4, 0.5) is 0 Å². The number of azide groups is 1. The molecule has 0 amide bonds. The molecule has 3 saturated heterocycles. The van der Waals surface area contributed by atoms with E-state index in [1.165, 1.54) is 25.7 Å². The van der Waals surface area contributed by atoms with Crippen molar-refractivity contribution in [3.05, 3.63) is 10.4 Å². The predicted molar refractivity (Wildman–Crippen MR) is 176 cm³/mol. The van der Waals surface area contributed by atoms with Gasteiger partial charge in [-0.15, -0.1) is 0 Å². The molecule has 3 heterocycles. The van der Waals surface area contributed by atoms with Gasteiger partial charge < -0.3 is 29.2 Å². The summed E-state index contributed by atoms with van der Waals surface area (Å²) in [6.45, 7) is 19.7. The molecule has 10 heteroatoms. The predicted octanol–water partition coefficient (Wildman–Crippen LogP) is 5.69. The second-order valence-corrected chi connectivity index (χ2v) is 19.0. The zero-order chi connectivity index (χ0) is 33.4. The summed E-state index contributed by atoms with van der Waals surface area (Å²) < 4.78 is 25.4. The monoisotopic (exact) mass is 656 g/mol. The molecule has 0 bridgehead atoms. The Labute approximate surface area is 281 Å². The third-order valence-electron chi connectivity index (χ3n) is 16.5. The summed E-state index contributed by atoms with van der Waals surface area (Å²) in [5.41, 5.74) is 8.48. The van der Waals surface area contributed by atoms with Crippen molar-refractivity contribution in [2.45, 2.75) is 148 Å². The van der Waals surface area contributed by atoms with Gasteiger partial charge in [-0.25, -0.2) is 0 Å². The van der Waals surface area contributed by atoms with Crippen molar-refractivity contribution in [3.63, 3.8) is 0 Å². The van der Waals surface area contributed by atoms with Gasteiger partial charge in [0.15, 0.2) is 6.29 Å². The molecule has 0 aromatic carbocycles. The fourth-order valence-corrected chi connectivity index (χ4v) is 14.2. The minimum absolute atomic E-state index is 0.0395. The molecule has 8 aliphatic rings. The van der Waals surface area contributed by atoms with Crippen molar-refractivity contribution in [2.75, 3.05) is 32.9 Å². The van der Waals surface area contributed by atoms with Crippen LogP contribution in [0.15, 0.2) is 5.11 Å². The van der Waals surface area contributed by atoms with Crippen LogP contribution in [0.5, 0.6) is 0 Å². The largest absolute Gasteiger partial charge is 0.390 e. The number of hydrogen-bond donors (Lipinski definition) is 2. The quantitative estimate of drug-likeness (QED) is 0.213. The molecule has 264 valence electrons. The zero-order valence-corrected chi connectivity index (χ0v) is 29.9. The first-order valence-electron chi connectivity index (χ1n) is 18.8. The van der Waals surface area contributed by atoms with E-state index in [1.54, 1.807) is 13.8 Å². The average molecular weight is 657 g/mol. The van der Waals surface area contributed by atoms with Gasteiger partial charge in [0.1, 0.15) is 0 Å². The van der Waals surface area contributed by atoms with Crippen molar-refractivity contribution in [3.8, 4) is 0 Å². The molecular weight excluding hydrogens is 596 g/mol. The van der Waals surface area contributed by atoms with Crippen LogP contribution in [0.2, 0.25) is 0 Å². The minimum atomic E-state index is -1.21. The number of aliphatic hydroxyl groups excluding tert-OH is 1. The molecule has 0 aromatic heterocycles. The topological polar surface area (TPSA) is 129 Å². The number of morpholine rings is 1. The molecule has 0 radical (unpaired) electrons. The van der Waals surface area contributed by atoms with Crippen LogP contribution in [0.1, 0.15) is 99.8 Å². The molecule has 8 rings (SSSR count). The van der Waals surface area contributed by atoms with E-state index in [0.29, 0.717) is 29.2 Å². The van der Waals surface area contributed by atoms with E-state index in [1.807, 2.05) is 0 Å². The maximum absolute atomic E-state index is 12.5. The Hall–Kier alpha value is -0.970. The van der Waals surface area contributed by atoms with Gasteiger partial charge in [0, 0.05) is 16.9 Å². The second-order valence-electron chi connectivity index (χ2n) is 19.0. The summed E-state index contributed by atoms with van der Waals surface area (Å²) in [6, 6.07) is -0.190. The average Bonchev–Trinajstić information content (AvgIpc) is 3.61. The highest BCUT2D eigenvalue weighted by Gasteiger charge is 2.84. The molecule has 8 fully saturated rings. The van der Waals surface area contributed by atoms with Crippen molar-refractivity contribution in [2.24, 2.45) is 55.9 Å². The van der Waals surface area contributed by atoms with Gasteiger partial charge >= 0.3 is 0 Å². The summed E-state index contributed by atoms with van der Waals surface area (Å²) in [4.78, 5) is 5.57. The van der Waals surface area contributed by atoms with Crippen molar-refractivity contribution in [1.29, 1.82) is 0 Å². The summed E-state index contributed by atoms with van der Waals surface area (Å²) in [7, 11) is 0. The van der Waals surface area contributed by atoms with Gasteiger partial charge in [-0.05, 0) is 116 Å². The van der Waals surface area contributed by atoms with Gasteiger partial charge in [-0.1, -0.05) is 39.7 Å². The fraction of sp³-hybridized carbons (Fsp3) is 1.00. The lowest BCUT2D eigenvalue weighted by Crippen LogP contribution is -2.60. The Morgan fingerprint density at radius 1 is 1.04 bits per heavy atom. The first-order valence-corrected chi connectivity index (χ1v) is 18.8. The number of fused-ring (bicyclic) bond motifs is 4. The third kappa shape index (κ3) is 4.38. The Kier molecular flexibility index (Phi) is 7.61. The van der Waals surface area contributed by atoms with E-state index in [4.69, 9.17) is 18.9 Å². The molecule has 47 heavy (non-hydrogen) atoms. The Morgan fingerprint density at radius 3 is 2.45 bits per heavy atom. The summed E-state index contributed by atoms with van der Waals surface area (Å²) in [6.07, 6.45) is 7.66. The fourth-order valence-electron chi connectivity index (χ4n) is 14.2. The zero-order valence-electron chi connectivity index (χ0n) is 29.9. The van der Waals surface area contributed by atoms with E-state index >= 15 is 0 Å². The molecule has 4 unspecified atom stereocenters. The minimum Gasteiger partial charge on any atom is -0.390 e. The van der Waals surface area contributed by atoms with Crippen LogP contribution in [-0.4, -0.2) is 96.4 Å². The first-order chi connectivity index (χ1) is 22.1. The van der Waals surface area contributed by atoms with Gasteiger partial charge in [0.05, 0.1) is 68.5 Å². The maximum Gasteiger partial charge on any atom is 0.170 e. The van der Waals surface area contributed by atoms with Crippen LogP contribution in [0, 0.1) is 50.7 Å². The lowest BCUT2D eigenvalue weighted by atomic mass is 9.41. The van der Waals surface area contributed by atoms with E-state index in [0.717, 1.165) is 58.6 Å². The van der Waals surface area contributed by atoms with Gasteiger partial charge in [0.2, 0.25) is 0 Å². The number of hydrogen-bond acceptors (Lipinski definition) is 8. The maximum atomic E-state index is 12.5. The molecule has 10 nitrogen and oxygen atoms in total. The van der Waals surface area contributed by atoms with E-state index in [9.17, 15) is 15.7 Å². The normalized spacial score (nSPS) is 52.8. The highest BCUT2D eigenvalue weighted by Crippen LogP contribution is 2.89. The van der Waals surface area contributed by atoms with Crippen LogP contribution in [0.3, 0.4) is 0 Å². The first kappa shape index (κ1) is 33.2. The van der Waals surface area contributed by atoms with Crippen LogP contribution in [-0.2, 0) is 18.9 Å². The molecule has 5 aliphatic carbocycles. The van der Waals surface area contributed by atoms with Crippen LogP contribution < -0.4 is 0 Å². The Balaban J connectivity index is 1.03. The molecule has 5 saturated carbocycles. The highest BCUT2D eigenvalue weighted by molar-refractivity contribution is 5.33. The van der Waals surface area contributed by atoms with E-state index in [-0.39, 0.29) is 46.1 Å². The van der Waals surface area contributed by atoms with Crippen molar-refractivity contribution in [1.82, 2.24) is 4.90 Å². The second kappa shape index (κ2) is 10.8. The van der Waals surface area contributed by atoms with E-state index < -0.39 is 23.9 Å².